The third-order valence-electron chi connectivity index (χ3n) is 5.76. The molecule has 1 N–H and O–H groups in total. The molecule has 10 heteroatoms. The third-order valence-corrected chi connectivity index (χ3v) is 5.76. The number of likely N-dealkylation sites (N-methyl/N-ethyl adjacent to an activating group) is 1. The Kier molecular flexibility index (Phi) is 9.09. The molecule has 0 fully saturated rings. The van der Waals surface area contributed by atoms with Gasteiger partial charge in [0.05, 0.1) is 18.7 Å². The Morgan fingerprint density at radius 3 is 2.46 bits per heavy atom. The van der Waals surface area contributed by atoms with Crippen LogP contribution >= 0.6 is 12.4 Å². The van der Waals surface area contributed by atoms with Gasteiger partial charge < -0.3 is 14.4 Å². The summed E-state index contributed by atoms with van der Waals surface area (Å²) in [5.41, 5.74) is 4.62. The van der Waals surface area contributed by atoms with Gasteiger partial charge in [0.1, 0.15) is 0 Å². The molecule has 0 amide bonds. The van der Waals surface area contributed by atoms with E-state index in [-0.39, 0.29) is 48.3 Å². The summed E-state index contributed by atoms with van der Waals surface area (Å²) in [4.78, 5) is 16.5. The second kappa shape index (κ2) is 12.1. The zero-order valence-corrected chi connectivity index (χ0v) is 21.3. The Balaban J connectivity index is 0.00000380. The predicted molar refractivity (Wildman–Crippen MR) is 137 cm³/mol. The number of methoxy groups -OCH3 is 1. The number of benzene rings is 3. The Morgan fingerprint density at radius 2 is 1.76 bits per heavy atom. The summed E-state index contributed by atoms with van der Waals surface area (Å²) in [7, 11) is 3.12. The van der Waals surface area contributed by atoms with Crippen LogP contribution in [-0.2, 0) is 22.7 Å². The van der Waals surface area contributed by atoms with Gasteiger partial charge >= 0.3 is 5.97 Å². The minimum Gasteiger partial charge on any atom is -0.480 e. The lowest BCUT2D eigenvalue weighted by Gasteiger charge is -2.15. The highest BCUT2D eigenvalue weighted by atomic mass is 35.5. The first-order valence-corrected chi connectivity index (χ1v) is 11.2. The molecule has 0 spiro atoms. The van der Waals surface area contributed by atoms with Gasteiger partial charge in [0.15, 0.2) is 11.6 Å². The summed E-state index contributed by atoms with van der Waals surface area (Å²) in [5, 5.41) is 12.7. The summed E-state index contributed by atoms with van der Waals surface area (Å²) >= 11 is 0. The van der Waals surface area contributed by atoms with E-state index in [0.717, 1.165) is 22.3 Å². The number of carboxylic acid groups (broad SMARTS) is 1. The molecular weight excluding hydrogens is 504 g/mol. The molecule has 3 aromatic carbocycles. The zero-order valence-electron chi connectivity index (χ0n) is 20.5. The van der Waals surface area contributed by atoms with Gasteiger partial charge in [0.2, 0.25) is 5.82 Å². The molecule has 0 aliphatic carbocycles. The summed E-state index contributed by atoms with van der Waals surface area (Å²) in [6.07, 6.45) is 0. The molecule has 0 aliphatic heterocycles. The van der Waals surface area contributed by atoms with Crippen LogP contribution in [0.3, 0.4) is 0 Å². The van der Waals surface area contributed by atoms with Crippen molar-refractivity contribution in [1.82, 2.24) is 15.0 Å². The lowest BCUT2D eigenvalue weighted by molar-refractivity contribution is -0.138. The maximum Gasteiger partial charge on any atom is 0.317 e. The third kappa shape index (κ3) is 6.19. The van der Waals surface area contributed by atoms with Crippen molar-refractivity contribution in [1.29, 1.82) is 0 Å². The van der Waals surface area contributed by atoms with Gasteiger partial charge in [-0.3, -0.25) is 9.69 Å². The minimum atomic E-state index is -1.13. The number of ether oxygens (including phenoxy) is 1. The largest absolute Gasteiger partial charge is 0.480 e. The van der Waals surface area contributed by atoms with E-state index in [2.05, 4.69) is 10.1 Å². The Hall–Kier alpha value is -3.66. The van der Waals surface area contributed by atoms with E-state index in [1.54, 1.807) is 7.11 Å². The second-order valence-corrected chi connectivity index (χ2v) is 8.51. The van der Waals surface area contributed by atoms with E-state index in [0.29, 0.717) is 12.2 Å². The molecule has 0 saturated heterocycles. The molecule has 0 atom stereocenters. The van der Waals surface area contributed by atoms with E-state index in [1.807, 2.05) is 49.4 Å². The molecule has 1 aromatic heterocycles. The predicted octanol–water partition coefficient (Wildman–Crippen LogP) is 5.74. The van der Waals surface area contributed by atoms with E-state index >= 15 is 0 Å². The first kappa shape index (κ1) is 27.9. The standard InChI is InChI=1S/C27H25F2N3O4.ClH/c1-16-6-4-5-7-20(16)21-10-8-17(12-19(21)15-35-3)27-30-26(31-36-27)22-11-9-18(24(28)25(22)29)13-32(2)14-23(33)34;/h4-12H,13-15H2,1-3H3,(H,33,34);1H. The molecule has 0 aliphatic rings. The van der Waals surface area contributed by atoms with E-state index in [9.17, 15) is 13.6 Å². The maximum absolute atomic E-state index is 14.9. The number of carbonyl (C=O) groups is 1. The van der Waals surface area contributed by atoms with Gasteiger partial charge in [-0.05, 0) is 54.4 Å². The number of nitrogens with zero attached hydrogens (tertiary/aromatic N) is 3. The van der Waals surface area contributed by atoms with Gasteiger partial charge in [-0.25, -0.2) is 8.78 Å². The van der Waals surface area contributed by atoms with Crippen LogP contribution in [-0.4, -0.2) is 46.8 Å². The SMILES string of the molecule is COCc1cc(-c2nc(-c3ccc(CN(C)CC(=O)O)c(F)c3F)no2)ccc1-c1ccccc1C.Cl. The molecule has 4 aromatic rings. The van der Waals surface area contributed by atoms with Crippen LogP contribution in [0.15, 0.2) is 59.1 Å². The lowest BCUT2D eigenvalue weighted by atomic mass is 9.94. The average Bonchev–Trinajstić information content (AvgIpc) is 3.32. The quantitative estimate of drug-likeness (QED) is 0.295. The van der Waals surface area contributed by atoms with Gasteiger partial charge in [-0.15, -0.1) is 12.4 Å². The number of aryl methyl sites for hydroxylation is 1. The number of hydrogen-bond donors (Lipinski definition) is 1. The van der Waals surface area contributed by atoms with Crippen molar-refractivity contribution in [3.8, 4) is 34.0 Å². The second-order valence-electron chi connectivity index (χ2n) is 8.51. The van der Waals surface area contributed by atoms with Crippen molar-refractivity contribution < 1.29 is 27.9 Å². The molecule has 7 nitrogen and oxygen atoms in total. The van der Waals surface area contributed by atoms with Gasteiger partial charge in [-0.1, -0.05) is 41.6 Å². The van der Waals surface area contributed by atoms with Gasteiger partial charge in [-0.2, -0.15) is 4.98 Å². The molecule has 0 radical (unpaired) electrons. The van der Waals surface area contributed by atoms with Crippen LogP contribution in [0.1, 0.15) is 16.7 Å². The first-order valence-electron chi connectivity index (χ1n) is 11.2. The number of rotatable bonds is 9. The summed E-state index contributed by atoms with van der Waals surface area (Å²) in [5.74, 6) is -3.21. The Bertz CT molecular complexity index is 1410. The molecule has 0 unspecified atom stereocenters. The van der Waals surface area contributed by atoms with E-state index in [1.165, 1.54) is 24.1 Å². The number of aliphatic carboxylic acids is 1. The highest BCUT2D eigenvalue weighted by Crippen LogP contribution is 2.32. The van der Waals surface area contributed by atoms with Crippen molar-refractivity contribution in [2.45, 2.75) is 20.1 Å². The van der Waals surface area contributed by atoms with Crippen LogP contribution in [0.25, 0.3) is 34.0 Å². The Morgan fingerprint density at radius 1 is 1.03 bits per heavy atom. The summed E-state index contributed by atoms with van der Waals surface area (Å²) < 4.78 is 40.3. The van der Waals surface area contributed by atoms with Crippen LogP contribution < -0.4 is 0 Å². The smallest absolute Gasteiger partial charge is 0.317 e. The van der Waals surface area contributed by atoms with Crippen molar-refractivity contribution in [2.24, 2.45) is 0 Å². The van der Waals surface area contributed by atoms with Crippen molar-refractivity contribution in [3.05, 3.63) is 82.9 Å². The summed E-state index contributed by atoms with van der Waals surface area (Å²) in [6.45, 7) is 2.02. The monoisotopic (exact) mass is 529 g/mol. The number of halogens is 3. The molecule has 0 bridgehead atoms. The molecule has 0 saturated carbocycles. The van der Waals surface area contributed by atoms with E-state index in [4.69, 9.17) is 14.4 Å². The van der Waals surface area contributed by atoms with Gasteiger partial charge in [0.25, 0.3) is 5.89 Å². The zero-order chi connectivity index (χ0) is 25.8. The normalized spacial score (nSPS) is 11.0. The van der Waals surface area contributed by atoms with Gasteiger partial charge in [0, 0.05) is 24.8 Å². The fourth-order valence-electron chi connectivity index (χ4n) is 4.05. The molecule has 4 rings (SSSR count). The van der Waals surface area contributed by atoms with Crippen LogP contribution in [0.4, 0.5) is 8.78 Å². The molecule has 37 heavy (non-hydrogen) atoms. The fraction of sp³-hybridized carbons (Fsp3) is 0.222. The number of aromatic nitrogens is 2. The van der Waals surface area contributed by atoms with Crippen LogP contribution in [0.5, 0.6) is 0 Å². The van der Waals surface area contributed by atoms with Crippen LogP contribution in [0.2, 0.25) is 0 Å². The number of hydrogen-bond acceptors (Lipinski definition) is 6. The highest BCUT2D eigenvalue weighted by molar-refractivity contribution is 5.85. The molecule has 1 heterocycles. The van der Waals surface area contributed by atoms with Crippen molar-refractivity contribution in [2.75, 3.05) is 20.7 Å². The fourth-order valence-corrected chi connectivity index (χ4v) is 4.05. The maximum atomic E-state index is 14.9. The average molecular weight is 530 g/mol. The first-order chi connectivity index (χ1) is 17.3. The highest BCUT2D eigenvalue weighted by Gasteiger charge is 2.21. The van der Waals surface area contributed by atoms with E-state index < -0.39 is 17.6 Å². The minimum absolute atomic E-state index is 0. The Labute approximate surface area is 219 Å². The molecular formula is C27H26ClF2N3O4. The topological polar surface area (TPSA) is 88.7 Å². The number of carboxylic acids is 1. The van der Waals surface area contributed by atoms with Crippen molar-refractivity contribution >= 4 is 18.4 Å². The summed E-state index contributed by atoms with van der Waals surface area (Å²) in [6, 6.07) is 16.4. The lowest BCUT2D eigenvalue weighted by Crippen LogP contribution is -2.25. The van der Waals surface area contributed by atoms with Crippen molar-refractivity contribution in [3.63, 3.8) is 0 Å². The van der Waals surface area contributed by atoms with Crippen LogP contribution in [0, 0.1) is 18.6 Å². The molecule has 194 valence electrons.